The summed E-state index contributed by atoms with van der Waals surface area (Å²) in [6.07, 6.45) is 1.64. The molecule has 0 bridgehead atoms. The van der Waals surface area contributed by atoms with Crippen LogP contribution < -0.4 is 4.74 Å². The Morgan fingerprint density at radius 1 is 1.42 bits per heavy atom. The van der Waals surface area contributed by atoms with Crippen LogP contribution in [0.25, 0.3) is 6.08 Å². The summed E-state index contributed by atoms with van der Waals surface area (Å²) in [7, 11) is 1.20. The fourth-order valence-electron chi connectivity index (χ4n) is 1.28. The van der Waals surface area contributed by atoms with Crippen LogP contribution >= 0.6 is 0 Å². The van der Waals surface area contributed by atoms with Crippen LogP contribution in [0.4, 0.5) is 0 Å². The van der Waals surface area contributed by atoms with Gasteiger partial charge in [-0.05, 0) is 23.8 Å². The van der Waals surface area contributed by atoms with Gasteiger partial charge in [0.1, 0.15) is 17.4 Å². The van der Waals surface area contributed by atoms with E-state index in [1.807, 2.05) is 0 Å². The van der Waals surface area contributed by atoms with Gasteiger partial charge in [-0.3, -0.25) is 4.79 Å². The maximum Gasteiger partial charge on any atom is 0.348 e. The van der Waals surface area contributed by atoms with Crippen LogP contribution in [-0.2, 0) is 14.3 Å². The van der Waals surface area contributed by atoms with Crippen LogP contribution in [0.1, 0.15) is 18.9 Å². The summed E-state index contributed by atoms with van der Waals surface area (Å²) in [5.74, 6) is -0.698. The normalized spacial score (nSPS) is 10.5. The summed E-state index contributed by atoms with van der Waals surface area (Å²) < 4.78 is 9.51. The maximum atomic E-state index is 11.3. The SMILES string of the molecule is CCC(=O)Oc1cccc(/C=C(\C#N)C(=O)OC)c1. The van der Waals surface area contributed by atoms with Gasteiger partial charge in [0, 0.05) is 6.42 Å². The van der Waals surface area contributed by atoms with Gasteiger partial charge < -0.3 is 9.47 Å². The molecule has 98 valence electrons. The number of carbonyl (C=O) groups is 2. The first-order chi connectivity index (χ1) is 9.10. The van der Waals surface area contributed by atoms with Crippen molar-refractivity contribution in [2.24, 2.45) is 0 Å². The zero-order valence-corrected chi connectivity index (χ0v) is 10.7. The zero-order chi connectivity index (χ0) is 14.3. The Hall–Kier alpha value is -2.61. The number of rotatable bonds is 4. The predicted molar refractivity (Wildman–Crippen MR) is 68.0 cm³/mol. The molecule has 0 amide bonds. The van der Waals surface area contributed by atoms with Gasteiger partial charge in [-0.2, -0.15) is 5.26 Å². The predicted octanol–water partition coefficient (Wildman–Crippen LogP) is 2.08. The lowest BCUT2D eigenvalue weighted by Gasteiger charge is -2.03. The second-order valence-corrected chi connectivity index (χ2v) is 3.56. The Morgan fingerprint density at radius 3 is 2.74 bits per heavy atom. The van der Waals surface area contributed by atoms with E-state index in [2.05, 4.69) is 4.74 Å². The van der Waals surface area contributed by atoms with Crippen molar-refractivity contribution in [2.75, 3.05) is 7.11 Å². The second kappa shape index (κ2) is 6.97. The Bertz CT molecular complexity index is 555. The number of methoxy groups -OCH3 is 1. The van der Waals surface area contributed by atoms with E-state index >= 15 is 0 Å². The summed E-state index contributed by atoms with van der Waals surface area (Å²) in [4.78, 5) is 22.4. The highest BCUT2D eigenvalue weighted by Crippen LogP contribution is 2.16. The van der Waals surface area contributed by atoms with Crippen LogP contribution in [0.15, 0.2) is 29.8 Å². The Balaban J connectivity index is 2.99. The van der Waals surface area contributed by atoms with Crippen molar-refractivity contribution in [1.29, 1.82) is 5.26 Å². The highest BCUT2D eigenvalue weighted by atomic mass is 16.5. The fraction of sp³-hybridized carbons (Fsp3) is 0.214. The minimum absolute atomic E-state index is 0.124. The van der Waals surface area contributed by atoms with Crippen molar-refractivity contribution in [3.63, 3.8) is 0 Å². The number of hydrogen-bond donors (Lipinski definition) is 0. The van der Waals surface area contributed by atoms with Crippen LogP contribution in [-0.4, -0.2) is 19.0 Å². The zero-order valence-electron chi connectivity index (χ0n) is 10.7. The van der Waals surface area contributed by atoms with E-state index < -0.39 is 5.97 Å². The molecule has 1 aromatic rings. The summed E-state index contributed by atoms with van der Waals surface area (Å²) in [5, 5.41) is 8.84. The number of ether oxygens (including phenoxy) is 2. The minimum atomic E-state index is -0.710. The van der Waals surface area contributed by atoms with E-state index in [0.717, 1.165) is 0 Å². The van der Waals surface area contributed by atoms with E-state index in [-0.39, 0.29) is 18.0 Å². The van der Waals surface area contributed by atoms with Crippen LogP contribution in [0.5, 0.6) is 5.75 Å². The molecule has 5 nitrogen and oxygen atoms in total. The van der Waals surface area contributed by atoms with Crippen LogP contribution in [0, 0.1) is 11.3 Å². The average Bonchev–Trinajstić information content (AvgIpc) is 2.44. The molecule has 0 aliphatic rings. The highest BCUT2D eigenvalue weighted by Gasteiger charge is 2.09. The number of nitrogens with zero attached hydrogens (tertiary/aromatic N) is 1. The highest BCUT2D eigenvalue weighted by molar-refractivity contribution is 5.97. The van der Waals surface area contributed by atoms with Crippen molar-refractivity contribution >= 4 is 18.0 Å². The quantitative estimate of drug-likeness (QED) is 0.358. The Kier molecular flexibility index (Phi) is 5.30. The molecule has 0 atom stereocenters. The second-order valence-electron chi connectivity index (χ2n) is 3.56. The van der Waals surface area contributed by atoms with Gasteiger partial charge in [0.05, 0.1) is 7.11 Å². The molecule has 19 heavy (non-hydrogen) atoms. The van der Waals surface area contributed by atoms with Crippen molar-refractivity contribution in [1.82, 2.24) is 0 Å². The largest absolute Gasteiger partial charge is 0.465 e. The summed E-state index contributed by atoms with van der Waals surface area (Å²) in [6.45, 7) is 1.69. The monoisotopic (exact) mass is 259 g/mol. The van der Waals surface area contributed by atoms with Gasteiger partial charge in [-0.25, -0.2) is 4.79 Å². The third kappa shape index (κ3) is 4.28. The molecule has 5 heteroatoms. The topological polar surface area (TPSA) is 76.4 Å². The third-order valence-corrected chi connectivity index (χ3v) is 2.22. The summed E-state index contributed by atoms with van der Waals surface area (Å²) >= 11 is 0. The first kappa shape index (κ1) is 14.5. The van der Waals surface area contributed by atoms with Gasteiger partial charge in [0.25, 0.3) is 0 Å². The smallest absolute Gasteiger partial charge is 0.348 e. The molecule has 0 aromatic heterocycles. The third-order valence-electron chi connectivity index (χ3n) is 2.22. The van der Waals surface area contributed by atoms with Crippen molar-refractivity contribution in [3.8, 4) is 11.8 Å². The number of carbonyl (C=O) groups excluding carboxylic acids is 2. The molecule has 0 fully saturated rings. The molecular formula is C14H13NO4. The molecular weight excluding hydrogens is 246 g/mol. The van der Waals surface area contributed by atoms with Gasteiger partial charge in [-0.15, -0.1) is 0 Å². The number of esters is 2. The minimum Gasteiger partial charge on any atom is -0.465 e. The molecule has 0 unspecified atom stereocenters. The van der Waals surface area contributed by atoms with Crippen molar-refractivity contribution < 1.29 is 19.1 Å². The summed E-state index contributed by atoms with van der Waals surface area (Å²) in [6, 6.07) is 8.28. The molecule has 0 N–H and O–H groups in total. The van der Waals surface area contributed by atoms with Gasteiger partial charge >= 0.3 is 11.9 Å². The first-order valence-corrected chi connectivity index (χ1v) is 5.61. The lowest BCUT2D eigenvalue weighted by Crippen LogP contribution is -2.05. The van der Waals surface area contributed by atoms with Crippen molar-refractivity contribution in [3.05, 3.63) is 35.4 Å². The molecule has 0 aliphatic heterocycles. The van der Waals surface area contributed by atoms with E-state index in [4.69, 9.17) is 10.00 Å². The molecule has 1 rings (SSSR count). The van der Waals surface area contributed by atoms with Gasteiger partial charge in [0.15, 0.2) is 0 Å². The number of benzene rings is 1. The molecule has 0 heterocycles. The van der Waals surface area contributed by atoms with E-state index in [0.29, 0.717) is 11.3 Å². The molecule has 0 saturated carbocycles. The Labute approximate surface area is 111 Å². The van der Waals surface area contributed by atoms with Crippen molar-refractivity contribution in [2.45, 2.75) is 13.3 Å². The Morgan fingerprint density at radius 2 is 2.16 bits per heavy atom. The van der Waals surface area contributed by atoms with Crippen LogP contribution in [0.2, 0.25) is 0 Å². The number of nitriles is 1. The fourth-order valence-corrected chi connectivity index (χ4v) is 1.28. The lowest BCUT2D eigenvalue weighted by atomic mass is 10.1. The molecule has 0 spiro atoms. The number of hydrogen-bond acceptors (Lipinski definition) is 5. The van der Waals surface area contributed by atoms with Crippen LogP contribution in [0.3, 0.4) is 0 Å². The molecule has 0 saturated heterocycles. The molecule has 1 aromatic carbocycles. The van der Waals surface area contributed by atoms with Gasteiger partial charge in [-0.1, -0.05) is 19.1 Å². The standard InChI is InChI=1S/C14H13NO4/c1-3-13(16)19-12-6-4-5-10(8-12)7-11(9-15)14(17)18-2/h4-8H,3H2,1-2H3/b11-7+. The summed E-state index contributed by atoms with van der Waals surface area (Å²) in [5.41, 5.74) is 0.449. The lowest BCUT2D eigenvalue weighted by molar-refractivity contribution is -0.135. The first-order valence-electron chi connectivity index (χ1n) is 5.61. The average molecular weight is 259 g/mol. The molecule has 0 aliphatic carbocycles. The maximum absolute atomic E-state index is 11.3. The van der Waals surface area contributed by atoms with E-state index in [9.17, 15) is 9.59 Å². The molecule has 0 radical (unpaired) electrons. The van der Waals surface area contributed by atoms with E-state index in [1.54, 1.807) is 37.3 Å². The van der Waals surface area contributed by atoms with E-state index in [1.165, 1.54) is 13.2 Å². The van der Waals surface area contributed by atoms with Gasteiger partial charge in [0.2, 0.25) is 0 Å².